The third-order valence-corrected chi connectivity index (χ3v) is 4.23. The Balaban J connectivity index is 1.65. The lowest BCUT2D eigenvalue weighted by atomic mass is 9.95. The van der Waals surface area contributed by atoms with Gasteiger partial charge in [0.2, 0.25) is 0 Å². The van der Waals surface area contributed by atoms with Crippen LogP contribution in [0, 0.1) is 0 Å². The Bertz CT molecular complexity index is 746. The van der Waals surface area contributed by atoms with E-state index in [9.17, 15) is 9.59 Å². The van der Waals surface area contributed by atoms with Gasteiger partial charge < -0.3 is 14.5 Å². The zero-order valence-corrected chi connectivity index (χ0v) is 13.2. The van der Waals surface area contributed by atoms with Crippen molar-refractivity contribution in [3.8, 4) is 5.75 Å². The Kier molecular flexibility index (Phi) is 4.65. The van der Waals surface area contributed by atoms with Gasteiger partial charge in [-0.1, -0.05) is 19.3 Å². The normalized spacial score (nSPS) is 16.9. The van der Waals surface area contributed by atoms with E-state index in [4.69, 9.17) is 9.15 Å². The molecule has 122 valence electrons. The van der Waals surface area contributed by atoms with Gasteiger partial charge in [0.15, 0.2) is 6.10 Å². The molecular weight excluding hydrogens is 294 g/mol. The number of rotatable bonds is 4. The number of benzene rings is 1. The van der Waals surface area contributed by atoms with Crippen LogP contribution in [0.3, 0.4) is 0 Å². The van der Waals surface area contributed by atoms with Crippen LogP contribution in [0.2, 0.25) is 0 Å². The molecule has 1 aromatic carbocycles. The average molecular weight is 315 g/mol. The first-order chi connectivity index (χ1) is 11.1. The second-order valence-corrected chi connectivity index (χ2v) is 6.06. The summed E-state index contributed by atoms with van der Waals surface area (Å²) in [7, 11) is 0. The molecule has 1 aliphatic carbocycles. The second-order valence-electron chi connectivity index (χ2n) is 6.06. The quantitative estimate of drug-likeness (QED) is 0.881. The minimum atomic E-state index is -0.593. The standard InChI is InChI=1S/C18H21NO4/c1-12(18(21)19-14-5-3-2-4-6-14)22-15-9-7-13-8-10-17(20)23-16(13)11-15/h7-12,14H,2-6H2,1H3,(H,19,21). The summed E-state index contributed by atoms with van der Waals surface area (Å²) < 4.78 is 10.8. The Morgan fingerprint density at radius 3 is 2.74 bits per heavy atom. The van der Waals surface area contributed by atoms with E-state index in [0.717, 1.165) is 18.2 Å². The Hall–Kier alpha value is -2.30. The molecule has 1 atom stereocenters. The van der Waals surface area contributed by atoms with Crippen LogP contribution >= 0.6 is 0 Å². The van der Waals surface area contributed by atoms with Crippen molar-refractivity contribution in [2.45, 2.75) is 51.2 Å². The van der Waals surface area contributed by atoms with Crippen molar-refractivity contribution in [3.05, 3.63) is 40.8 Å². The molecule has 1 saturated carbocycles. The summed E-state index contributed by atoms with van der Waals surface area (Å²) in [6, 6.07) is 8.55. The lowest BCUT2D eigenvalue weighted by Gasteiger charge is -2.24. The summed E-state index contributed by atoms with van der Waals surface area (Å²) >= 11 is 0. The van der Waals surface area contributed by atoms with Crippen LogP contribution in [-0.2, 0) is 4.79 Å². The summed E-state index contributed by atoms with van der Waals surface area (Å²) in [5.74, 6) is 0.407. The van der Waals surface area contributed by atoms with Crippen LogP contribution in [-0.4, -0.2) is 18.1 Å². The molecule has 0 spiro atoms. The molecule has 1 aliphatic rings. The van der Waals surface area contributed by atoms with E-state index in [1.165, 1.54) is 25.3 Å². The number of hydrogen-bond donors (Lipinski definition) is 1. The second kappa shape index (κ2) is 6.86. The predicted octanol–water partition coefficient (Wildman–Crippen LogP) is 3.01. The SMILES string of the molecule is CC(Oc1ccc2ccc(=O)oc2c1)C(=O)NC1CCCCC1. The van der Waals surface area contributed by atoms with Crippen molar-refractivity contribution in [2.75, 3.05) is 0 Å². The largest absolute Gasteiger partial charge is 0.481 e. The lowest BCUT2D eigenvalue weighted by Crippen LogP contribution is -2.43. The smallest absolute Gasteiger partial charge is 0.336 e. The molecule has 1 N–H and O–H groups in total. The highest BCUT2D eigenvalue weighted by Gasteiger charge is 2.20. The number of ether oxygens (including phenoxy) is 1. The number of fused-ring (bicyclic) bond motifs is 1. The van der Waals surface area contributed by atoms with E-state index in [1.807, 2.05) is 0 Å². The van der Waals surface area contributed by atoms with E-state index in [1.54, 1.807) is 31.2 Å². The molecular formula is C18H21NO4. The molecule has 5 nitrogen and oxygen atoms in total. The van der Waals surface area contributed by atoms with Gasteiger partial charge in [-0.2, -0.15) is 0 Å². The molecule has 5 heteroatoms. The number of hydrogen-bond acceptors (Lipinski definition) is 4. The van der Waals surface area contributed by atoms with Crippen LogP contribution in [0.4, 0.5) is 0 Å². The Labute approximate surface area is 134 Å². The van der Waals surface area contributed by atoms with Crippen LogP contribution in [0.25, 0.3) is 11.0 Å². The van der Waals surface area contributed by atoms with Gasteiger partial charge >= 0.3 is 5.63 Å². The Morgan fingerprint density at radius 1 is 1.22 bits per heavy atom. The summed E-state index contributed by atoms with van der Waals surface area (Å²) in [5, 5.41) is 3.86. The van der Waals surface area contributed by atoms with Crippen molar-refractivity contribution in [3.63, 3.8) is 0 Å². The van der Waals surface area contributed by atoms with Gasteiger partial charge in [-0.3, -0.25) is 4.79 Å². The summed E-state index contributed by atoms with van der Waals surface area (Å²) in [6.45, 7) is 1.73. The average Bonchev–Trinajstić information content (AvgIpc) is 2.55. The molecule has 1 amide bonds. The number of carbonyl (C=O) groups excluding carboxylic acids is 1. The number of amides is 1. The zero-order valence-electron chi connectivity index (χ0n) is 13.2. The number of carbonyl (C=O) groups is 1. The zero-order chi connectivity index (χ0) is 16.2. The van der Waals surface area contributed by atoms with Gasteiger partial charge in [0.1, 0.15) is 11.3 Å². The molecule has 0 aliphatic heterocycles. The van der Waals surface area contributed by atoms with Gasteiger partial charge in [-0.15, -0.1) is 0 Å². The van der Waals surface area contributed by atoms with Crippen LogP contribution in [0.15, 0.2) is 39.5 Å². The van der Waals surface area contributed by atoms with Crippen molar-refractivity contribution in [2.24, 2.45) is 0 Å². The fourth-order valence-electron chi connectivity index (χ4n) is 2.94. The van der Waals surface area contributed by atoms with E-state index >= 15 is 0 Å². The van der Waals surface area contributed by atoms with Crippen molar-refractivity contribution < 1.29 is 13.9 Å². The van der Waals surface area contributed by atoms with E-state index in [2.05, 4.69) is 5.32 Å². The summed E-state index contributed by atoms with van der Waals surface area (Å²) in [5.41, 5.74) is 0.0487. The highest BCUT2D eigenvalue weighted by Crippen LogP contribution is 2.21. The van der Waals surface area contributed by atoms with Gasteiger partial charge in [-0.25, -0.2) is 4.79 Å². The fraction of sp³-hybridized carbons (Fsp3) is 0.444. The highest BCUT2D eigenvalue weighted by molar-refractivity contribution is 5.81. The van der Waals surface area contributed by atoms with E-state index < -0.39 is 11.7 Å². The van der Waals surface area contributed by atoms with Crippen molar-refractivity contribution in [1.82, 2.24) is 5.32 Å². The summed E-state index contributed by atoms with van der Waals surface area (Å²) in [6.07, 6.45) is 5.08. The van der Waals surface area contributed by atoms with Crippen LogP contribution in [0.5, 0.6) is 5.75 Å². The molecule has 2 aromatic rings. The van der Waals surface area contributed by atoms with Gasteiger partial charge in [0.25, 0.3) is 5.91 Å². The molecule has 3 rings (SSSR count). The monoisotopic (exact) mass is 315 g/mol. The van der Waals surface area contributed by atoms with Crippen molar-refractivity contribution in [1.29, 1.82) is 0 Å². The minimum absolute atomic E-state index is 0.105. The molecule has 23 heavy (non-hydrogen) atoms. The third-order valence-electron chi connectivity index (χ3n) is 4.23. The van der Waals surface area contributed by atoms with Gasteiger partial charge in [0.05, 0.1) is 0 Å². The fourth-order valence-corrected chi connectivity index (χ4v) is 2.94. The summed E-state index contributed by atoms with van der Waals surface area (Å²) in [4.78, 5) is 23.5. The number of nitrogens with one attached hydrogen (secondary N) is 1. The molecule has 1 fully saturated rings. The first-order valence-corrected chi connectivity index (χ1v) is 8.13. The van der Waals surface area contributed by atoms with E-state index in [0.29, 0.717) is 11.3 Å². The molecule has 1 unspecified atom stereocenters. The first kappa shape index (κ1) is 15.6. The van der Waals surface area contributed by atoms with E-state index in [-0.39, 0.29) is 11.9 Å². The maximum atomic E-state index is 12.2. The molecule has 0 bridgehead atoms. The van der Waals surface area contributed by atoms with Gasteiger partial charge in [-0.05, 0) is 38.0 Å². The third kappa shape index (κ3) is 3.92. The maximum absolute atomic E-state index is 12.2. The predicted molar refractivity (Wildman–Crippen MR) is 87.6 cm³/mol. The topological polar surface area (TPSA) is 68.5 Å². The van der Waals surface area contributed by atoms with Crippen molar-refractivity contribution >= 4 is 16.9 Å². The molecule has 1 aromatic heterocycles. The minimum Gasteiger partial charge on any atom is -0.481 e. The molecule has 0 radical (unpaired) electrons. The van der Waals surface area contributed by atoms with Gasteiger partial charge in [0, 0.05) is 23.6 Å². The Morgan fingerprint density at radius 2 is 1.96 bits per heavy atom. The van der Waals surface area contributed by atoms with Crippen LogP contribution in [0.1, 0.15) is 39.0 Å². The first-order valence-electron chi connectivity index (χ1n) is 8.13. The lowest BCUT2D eigenvalue weighted by molar-refractivity contribution is -0.128. The highest BCUT2D eigenvalue weighted by atomic mass is 16.5. The molecule has 0 saturated heterocycles. The maximum Gasteiger partial charge on any atom is 0.336 e. The molecule has 1 heterocycles. The van der Waals surface area contributed by atoms with Crippen LogP contribution < -0.4 is 15.7 Å².